The van der Waals surface area contributed by atoms with Gasteiger partial charge in [-0.15, -0.1) is 0 Å². The van der Waals surface area contributed by atoms with Gasteiger partial charge in [-0.05, 0) is 62.3 Å². The molecular weight excluding hydrogens is 511 g/mol. The molecule has 0 unspecified atom stereocenters. The molecule has 1 saturated heterocycles. The van der Waals surface area contributed by atoms with Gasteiger partial charge in [0.1, 0.15) is 5.82 Å². The van der Waals surface area contributed by atoms with Crippen LogP contribution in [0.2, 0.25) is 0 Å². The van der Waals surface area contributed by atoms with Crippen LogP contribution >= 0.6 is 0 Å². The highest BCUT2D eigenvalue weighted by Gasteiger charge is 2.40. The maximum absolute atomic E-state index is 14.6. The second-order valence-electron chi connectivity index (χ2n) is 9.83. The van der Waals surface area contributed by atoms with E-state index >= 15 is 0 Å². The number of rotatable bonds is 13. The van der Waals surface area contributed by atoms with Gasteiger partial charge in [-0.1, -0.05) is 6.07 Å². The zero-order valence-electron chi connectivity index (χ0n) is 22.3. The molecule has 1 aromatic heterocycles. The number of nitrogens with zero attached hydrogens (tertiary/aromatic N) is 4. The Kier molecular flexibility index (Phi) is 12.2. The first-order valence-corrected chi connectivity index (χ1v) is 12.6. The number of carbonyl (C=O) groups is 3. The first-order valence-electron chi connectivity index (χ1n) is 12.6. The fraction of sp³-hybridized carbons (Fsp3) is 0.481. The summed E-state index contributed by atoms with van der Waals surface area (Å²) in [6.45, 7) is 5.42. The number of carboxylic acids is 3. The third-order valence-corrected chi connectivity index (χ3v) is 6.17. The SMILES string of the molecule is CN(C)CCN(Cc1ccncc1)Cc1ccc(N2CCCC2)c(F)c1.O=C(O)CC(O)(CC(=O)O)C(=O)O. The number of aliphatic hydroxyl groups is 1. The lowest BCUT2D eigenvalue weighted by Crippen LogP contribution is -2.42. The Hall–Kier alpha value is -3.61. The van der Waals surface area contributed by atoms with Crippen LogP contribution in [-0.4, -0.2) is 99.0 Å². The number of anilines is 1. The smallest absolute Gasteiger partial charge is 0.336 e. The fourth-order valence-electron chi connectivity index (χ4n) is 4.14. The molecule has 0 atom stereocenters. The largest absolute Gasteiger partial charge is 0.481 e. The molecule has 0 aliphatic carbocycles. The topological polar surface area (TPSA) is 155 Å². The highest BCUT2D eigenvalue weighted by atomic mass is 19.1. The molecule has 214 valence electrons. The first-order chi connectivity index (χ1) is 18.4. The molecular formula is C27H37FN4O7. The molecule has 1 aromatic carbocycles. The van der Waals surface area contributed by atoms with Crippen LogP contribution in [0.5, 0.6) is 0 Å². The monoisotopic (exact) mass is 548 g/mol. The van der Waals surface area contributed by atoms with Crippen molar-refractivity contribution in [2.75, 3.05) is 45.2 Å². The highest BCUT2D eigenvalue weighted by molar-refractivity contribution is 5.88. The van der Waals surface area contributed by atoms with Crippen LogP contribution in [0.1, 0.15) is 36.8 Å². The van der Waals surface area contributed by atoms with Crippen molar-refractivity contribution in [1.82, 2.24) is 14.8 Å². The Bertz CT molecular complexity index is 1080. The van der Waals surface area contributed by atoms with Gasteiger partial charge in [-0.25, -0.2) is 9.18 Å². The number of aliphatic carboxylic acids is 3. The van der Waals surface area contributed by atoms with Gasteiger partial charge in [0.2, 0.25) is 0 Å². The van der Waals surface area contributed by atoms with Gasteiger partial charge < -0.3 is 30.2 Å². The van der Waals surface area contributed by atoms with Crippen LogP contribution in [0.3, 0.4) is 0 Å². The molecule has 39 heavy (non-hydrogen) atoms. The Morgan fingerprint density at radius 3 is 1.97 bits per heavy atom. The van der Waals surface area contributed by atoms with Crippen LogP contribution in [0, 0.1) is 5.82 Å². The van der Waals surface area contributed by atoms with Gasteiger partial charge in [0, 0.05) is 51.7 Å². The Balaban J connectivity index is 0.000000349. The van der Waals surface area contributed by atoms with Gasteiger partial charge in [0.15, 0.2) is 5.60 Å². The first kappa shape index (κ1) is 31.6. The summed E-state index contributed by atoms with van der Waals surface area (Å²) in [5.74, 6) is -5.12. The quantitative estimate of drug-likeness (QED) is 0.291. The third-order valence-electron chi connectivity index (χ3n) is 6.17. The van der Waals surface area contributed by atoms with Crippen molar-refractivity contribution in [3.63, 3.8) is 0 Å². The lowest BCUT2D eigenvalue weighted by atomic mass is 9.96. The van der Waals surface area contributed by atoms with Gasteiger partial charge in [0.25, 0.3) is 0 Å². The normalized spacial score (nSPS) is 13.3. The second kappa shape index (κ2) is 15.1. The van der Waals surface area contributed by atoms with E-state index in [-0.39, 0.29) is 5.82 Å². The molecule has 4 N–H and O–H groups in total. The van der Waals surface area contributed by atoms with Crippen molar-refractivity contribution in [2.45, 2.75) is 44.4 Å². The van der Waals surface area contributed by atoms with Crippen LogP contribution in [0.25, 0.3) is 0 Å². The molecule has 2 aromatic rings. The summed E-state index contributed by atoms with van der Waals surface area (Å²) < 4.78 is 14.6. The Morgan fingerprint density at radius 2 is 1.49 bits per heavy atom. The summed E-state index contributed by atoms with van der Waals surface area (Å²) in [5.41, 5.74) is 0.267. The van der Waals surface area contributed by atoms with Crippen LogP contribution in [0.4, 0.5) is 10.1 Å². The van der Waals surface area contributed by atoms with E-state index < -0.39 is 36.4 Å². The number of carboxylic acid groups (broad SMARTS) is 3. The fourth-order valence-corrected chi connectivity index (χ4v) is 4.14. The molecule has 12 heteroatoms. The van der Waals surface area contributed by atoms with E-state index in [2.05, 4.69) is 39.8 Å². The van der Waals surface area contributed by atoms with Crippen LogP contribution in [-0.2, 0) is 27.5 Å². The molecule has 1 fully saturated rings. The number of hydrogen-bond donors (Lipinski definition) is 4. The van der Waals surface area contributed by atoms with E-state index in [0.29, 0.717) is 0 Å². The lowest BCUT2D eigenvalue weighted by Gasteiger charge is -2.25. The van der Waals surface area contributed by atoms with E-state index in [4.69, 9.17) is 20.4 Å². The standard InChI is InChI=1S/C21H29FN4.C6H8O7/c1-24(2)13-14-25(16-18-7-9-23-10-8-18)17-19-5-6-21(20(22)15-19)26-11-3-4-12-26;7-3(8)1-6(13,5(11)12)2-4(9)10/h5-10,15H,3-4,11-14,16-17H2,1-2H3;13H,1-2H2,(H,7,8)(H,9,10)(H,11,12). The van der Waals surface area contributed by atoms with E-state index in [0.717, 1.165) is 63.4 Å². The number of hydrogen-bond acceptors (Lipinski definition) is 8. The molecule has 0 radical (unpaired) electrons. The number of halogens is 1. The van der Waals surface area contributed by atoms with E-state index in [9.17, 15) is 18.8 Å². The number of likely N-dealkylation sites (N-methyl/N-ethyl adjacent to an activating group) is 1. The molecule has 2 heterocycles. The van der Waals surface area contributed by atoms with Gasteiger partial charge in [-0.2, -0.15) is 0 Å². The number of benzene rings is 1. The van der Waals surface area contributed by atoms with E-state index in [1.165, 1.54) is 5.56 Å². The summed E-state index contributed by atoms with van der Waals surface area (Å²) in [6.07, 6.45) is 3.67. The predicted molar refractivity (Wildman–Crippen MR) is 142 cm³/mol. The molecule has 0 saturated carbocycles. The van der Waals surface area contributed by atoms with E-state index in [1.54, 1.807) is 6.07 Å². The van der Waals surface area contributed by atoms with Crippen molar-refractivity contribution in [3.05, 3.63) is 59.7 Å². The second-order valence-corrected chi connectivity index (χ2v) is 9.83. The molecule has 0 amide bonds. The molecule has 1 aliphatic heterocycles. The molecule has 0 bridgehead atoms. The predicted octanol–water partition coefficient (Wildman–Crippen LogP) is 2.14. The minimum atomic E-state index is -2.74. The zero-order valence-corrected chi connectivity index (χ0v) is 22.3. The van der Waals surface area contributed by atoms with Gasteiger partial charge in [-0.3, -0.25) is 19.5 Å². The maximum atomic E-state index is 14.6. The molecule has 0 spiro atoms. The summed E-state index contributed by atoms with van der Waals surface area (Å²) in [5, 5.41) is 33.8. The average Bonchev–Trinajstić information content (AvgIpc) is 3.37. The maximum Gasteiger partial charge on any atom is 0.336 e. The Labute approximate surface area is 227 Å². The highest BCUT2D eigenvalue weighted by Crippen LogP contribution is 2.25. The zero-order chi connectivity index (χ0) is 29.0. The number of aromatic nitrogens is 1. The van der Waals surface area contributed by atoms with Crippen LogP contribution < -0.4 is 4.90 Å². The molecule has 1 aliphatic rings. The van der Waals surface area contributed by atoms with E-state index in [1.807, 2.05) is 30.6 Å². The van der Waals surface area contributed by atoms with Gasteiger partial charge >= 0.3 is 17.9 Å². The van der Waals surface area contributed by atoms with Gasteiger partial charge in [0.05, 0.1) is 18.5 Å². The minimum absolute atomic E-state index is 0.0964. The third kappa shape index (κ3) is 11.0. The summed E-state index contributed by atoms with van der Waals surface area (Å²) in [7, 11) is 4.16. The summed E-state index contributed by atoms with van der Waals surface area (Å²) in [4.78, 5) is 41.3. The minimum Gasteiger partial charge on any atom is -0.481 e. The number of pyridine rings is 1. The molecule has 11 nitrogen and oxygen atoms in total. The van der Waals surface area contributed by atoms with Crippen molar-refractivity contribution in [2.24, 2.45) is 0 Å². The van der Waals surface area contributed by atoms with Crippen molar-refractivity contribution < 1.29 is 39.2 Å². The van der Waals surface area contributed by atoms with Crippen molar-refractivity contribution in [1.29, 1.82) is 0 Å². The van der Waals surface area contributed by atoms with Crippen LogP contribution in [0.15, 0.2) is 42.7 Å². The summed E-state index contributed by atoms with van der Waals surface area (Å²) in [6, 6.07) is 9.82. The Morgan fingerprint density at radius 1 is 0.923 bits per heavy atom. The average molecular weight is 549 g/mol. The lowest BCUT2D eigenvalue weighted by molar-refractivity contribution is -0.170. The van der Waals surface area contributed by atoms with Crippen molar-refractivity contribution >= 4 is 23.6 Å². The van der Waals surface area contributed by atoms with Crippen molar-refractivity contribution in [3.8, 4) is 0 Å². The molecule has 3 rings (SSSR count). The summed E-state index contributed by atoms with van der Waals surface area (Å²) >= 11 is 0.